The summed E-state index contributed by atoms with van der Waals surface area (Å²) in [6.45, 7) is 7.80. The van der Waals surface area contributed by atoms with Crippen LogP contribution in [0, 0.1) is 5.92 Å². The Bertz CT molecular complexity index is 343. The third-order valence-corrected chi connectivity index (χ3v) is 4.67. The van der Waals surface area contributed by atoms with E-state index in [2.05, 4.69) is 20.8 Å². The van der Waals surface area contributed by atoms with E-state index < -0.39 is 0 Å². The van der Waals surface area contributed by atoms with Gasteiger partial charge in [0, 0.05) is 25.6 Å². The van der Waals surface area contributed by atoms with Crippen LogP contribution < -0.4 is 0 Å². The molecular formula is C14H24N2O2. The number of carbonyl (C=O) groups is 2. The predicted octanol–water partition coefficient (Wildman–Crippen LogP) is 1.64. The Morgan fingerprint density at radius 2 is 2.00 bits per heavy atom. The minimum Gasteiger partial charge on any atom is -0.337 e. The van der Waals surface area contributed by atoms with Crippen molar-refractivity contribution in [2.24, 2.45) is 5.92 Å². The first kappa shape index (κ1) is 13.4. The normalized spacial score (nSPS) is 28.1. The van der Waals surface area contributed by atoms with Crippen molar-refractivity contribution in [2.75, 3.05) is 13.1 Å². The molecule has 0 saturated carbocycles. The molecule has 4 heteroatoms. The van der Waals surface area contributed by atoms with Crippen LogP contribution in [0.4, 0.5) is 0 Å². The molecule has 2 heterocycles. The average Bonchev–Trinajstić information content (AvgIpc) is 2.82. The number of rotatable bonds is 3. The van der Waals surface area contributed by atoms with Crippen molar-refractivity contribution in [3.05, 3.63) is 0 Å². The van der Waals surface area contributed by atoms with Gasteiger partial charge >= 0.3 is 0 Å². The molecule has 0 aromatic rings. The van der Waals surface area contributed by atoms with E-state index in [0.717, 1.165) is 25.8 Å². The summed E-state index contributed by atoms with van der Waals surface area (Å²) in [4.78, 5) is 28.3. The Morgan fingerprint density at radius 1 is 1.28 bits per heavy atom. The topological polar surface area (TPSA) is 40.6 Å². The maximum Gasteiger partial charge on any atom is 0.245 e. The highest BCUT2D eigenvalue weighted by atomic mass is 16.2. The Balaban J connectivity index is 2.17. The van der Waals surface area contributed by atoms with Crippen LogP contribution in [0.2, 0.25) is 0 Å². The highest BCUT2D eigenvalue weighted by molar-refractivity contribution is 5.90. The van der Waals surface area contributed by atoms with E-state index in [1.165, 1.54) is 0 Å². The Labute approximate surface area is 109 Å². The van der Waals surface area contributed by atoms with Crippen molar-refractivity contribution in [3.63, 3.8) is 0 Å². The number of hydrogen-bond donors (Lipinski definition) is 0. The summed E-state index contributed by atoms with van der Waals surface area (Å²) in [5.74, 6) is 0.813. The molecule has 4 nitrogen and oxygen atoms in total. The third-order valence-electron chi connectivity index (χ3n) is 4.67. The first-order valence-corrected chi connectivity index (χ1v) is 7.16. The quantitative estimate of drug-likeness (QED) is 0.766. The molecule has 18 heavy (non-hydrogen) atoms. The molecule has 0 bridgehead atoms. The molecule has 0 aromatic heterocycles. The van der Waals surface area contributed by atoms with Gasteiger partial charge in [-0.05, 0) is 25.7 Å². The predicted molar refractivity (Wildman–Crippen MR) is 70.0 cm³/mol. The second-order valence-corrected chi connectivity index (χ2v) is 5.65. The molecule has 2 fully saturated rings. The second kappa shape index (κ2) is 5.29. The molecule has 2 rings (SSSR count). The SMILES string of the molecule is CCC(C)C(C)N1CCC(=O)N2CCCC2C1=O. The summed E-state index contributed by atoms with van der Waals surface area (Å²) >= 11 is 0. The van der Waals surface area contributed by atoms with Crippen molar-refractivity contribution in [1.82, 2.24) is 9.80 Å². The van der Waals surface area contributed by atoms with E-state index in [1.54, 1.807) is 4.90 Å². The minimum absolute atomic E-state index is 0.157. The monoisotopic (exact) mass is 252 g/mol. The Morgan fingerprint density at radius 3 is 2.67 bits per heavy atom. The standard InChI is InChI=1S/C14H24N2O2/c1-4-10(2)11(3)15-9-7-13(17)16-8-5-6-12(16)14(15)18/h10-12H,4-9H2,1-3H3. The van der Waals surface area contributed by atoms with Crippen LogP contribution in [0.25, 0.3) is 0 Å². The number of carbonyl (C=O) groups excluding carboxylic acids is 2. The highest BCUT2D eigenvalue weighted by Gasteiger charge is 2.40. The summed E-state index contributed by atoms with van der Waals surface area (Å²) in [6, 6.07) is 0.0577. The molecule has 2 aliphatic heterocycles. The van der Waals surface area contributed by atoms with Crippen molar-refractivity contribution < 1.29 is 9.59 Å². The fraction of sp³-hybridized carbons (Fsp3) is 0.857. The van der Waals surface area contributed by atoms with Gasteiger partial charge in [-0.15, -0.1) is 0 Å². The van der Waals surface area contributed by atoms with Gasteiger partial charge in [-0.3, -0.25) is 9.59 Å². The van der Waals surface area contributed by atoms with Gasteiger partial charge in [0.2, 0.25) is 11.8 Å². The molecule has 2 aliphatic rings. The lowest BCUT2D eigenvalue weighted by Gasteiger charge is -2.33. The van der Waals surface area contributed by atoms with Gasteiger partial charge in [0.15, 0.2) is 0 Å². The van der Waals surface area contributed by atoms with Crippen molar-refractivity contribution in [3.8, 4) is 0 Å². The van der Waals surface area contributed by atoms with Crippen LogP contribution in [-0.2, 0) is 9.59 Å². The number of hydrogen-bond acceptors (Lipinski definition) is 2. The molecular weight excluding hydrogens is 228 g/mol. The van der Waals surface area contributed by atoms with E-state index in [0.29, 0.717) is 18.9 Å². The van der Waals surface area contributed by atoms with E-state index in [4.69, 9.17) is 0 Å². The van der Waals surface area contributed by atoms with E-state index in [-0.39, 0.29) is 23.9 Å². The van der Waals surface area contributed by atoms with Crippen LogP contribution in [0.15, 0.2) is 0 Å². The van der Waals surface area contributed by atoms with Gasteiger partial charge in [-0.25, -0.2) is 0 Å². The average molecular weight is 252 g/mol. The van der Waals surface area contributed by atoms with E-state index in [1.807, 2.05) is 4.90 Å². The van der Waals surface area contributed by atoms with Crippen LogP contribution in [-0.4, -0.2) is 46.8 Å². The number of nitrogens with zero attached hydrogens (tertiary/aromatic N) is 2. The van der Waals surface area contributed by atoms with Crippen LogP contribution in [0.5, 0.6) is 0 Å². The van der Waals surface area contributed by atoms with Gasteiger partial charge in [0.1, 0.15) is 6.04 Å². The van der Waals surface area contributed by atoms with Crippen molar-refractivity contribution in [2.45, 2.75) is 58.5 Å². The fourth-order valence-corrected chi connectivity index (χ4v) is 3.04. The molecule has 0 spiro atoms. The van der Waals surface area contributed by atoms with Crippen molar-refractivity contribution in [1.29, 1.82) is 0 Å². The highest BCUT2D eigenvalue weighted by Crippen LogP contribution is 2.26. The van der Waals surface area contributed by atoms with Gasteiger partial charge in [-0.2, -0.15) is 0 Å². The molecule has 2 amide bonds. The summed E-state index contributed by atoms with van der Waals surface area (Å²) in [5, 5.41) is 0. The molecule has 3 atom stereocenters. The first-order valence-electron chi connectivity index (χ1n) is 7.16. The van der Waals surface area contributed by atoms with Gasteiger partial charge in [0.05, 0.1) is 0 Å². The number of fused-ring (bicyclic) bond motifs is 1. The molecule has 102 valence electrons. The Hall–Kier alpha value is -1.06. The van der Waals surface area contributed by atoms with Crippen LogP contribution in [0.3, 0.4) is 0 Å². The summed E-state index contributed by atoms with van der Waals surface area (Å²) in [7, 11) is 0. The lowest BCUT2D eigenvalue weighted by molar-refractivity contribution is -0.141. The smallest absolute Gasteiger partial charge is 0.245 e. The fourth-order valence-electron chi connectivity index (χ4n) is 3.04. The zero-order chi connectivity index (χ0) is 13.3. The molecule has 2 saturated heterocycles. The number of amides is 2. The second-order valence-electron chi connectivity index (χ2n) is 5.65. The molecule has 3 unspecified atom stereocenters. The molecule has 0 radical (unpaired) electrons. The lowest BCUT2D eigenvalue weighted by atomic mass is 9.98. The summed E-state index contributed by atoms with van der Waals surface area (Å²) in [5.41, 5.74) is 0. The third kappa shape index (κ3) is 2.25. The van der Waals surface area contributed by atoms with Crippen molar-refractivity contribution >= 4 is 11.8 Å². The maximum atomic E-state index is 12.6. The minimum atomic E-state index is -0.175. The summed E-state index contributed by atoms with van der Waals surface area (Å²) in [6.07, 6.45) is 3.36. The molecule has 0 aliphatic carbocycles. The first-order chi connectivity index (χ1) is 8.56. The van der Waals surface area contributed by atoms with Crippen LogP contribution in [0.1, 0.15) is 46.5 Å². The van der Waals surface area contributed by atoms with Gasteiger partial charge in [0.25, 0.3) is 0 Å². The van der Waals surface area contributed by atoms with E-state index >= 15 is 0 Å². The van der Waals surface area contributed by atoms with Crippen LogP contribution >= 0.6 is 0 Å². The zero-order valence-corrected chi connectivity index (χ0v) is 11.7. The van der Waals surface area contributed by atoms with Gasteiger partial charge in [-0.1, -0.05) is 20.3 Å². The Kier molecular flexibility index (Phi) is 3.93. The zero-order valence-electron chi connectivity index (χ0n) is 11.7. The maximum absolute atomic E-state index is 12.6. The van der Waals surface area contributed by atoms with Gasteiger partial charge < -0.3 is 9.80 Å². The molecule has 0 aromatic carbocycles. The lowest BCUT2D eigenvalue weighted by Crippen LogP contribution is -2.48. The largest absolute Gasteiger partial charge is 0.337 e. The molecule has 0 N–H and O–H groups in total. The van der Waals surface area contributed by atoms with E-state index in [9.17, 15) is 9.59 Å². The summed E-state index contributed by atoms with van der Waals surface area (Å²) < 4.78 is 0.